The maximum Gasteiger partial charge on any atom is 0.328 e. The highest BCUT2D eigenvalue weighted by Gasteiger charge is 2.13. The van der Waals surface area contributed by atoms with Gasteiger partial charge in [-0.05, 0) is 12.1 Å². The predicted octanol–water partition coefficient (Wildman–Crippen LogP) is 1.44. The number of aromatic nitrogens is 4. The van der Waals surface area contributed by atoms with Crippen molar-refractivity contribution in [2.45, 2.75) is 6.61 Å². The molecule has 104 valence electrons. The number of aryl methyl sites for hydroxylation is 2. The van der Waals surface area contributed by atoms with Crippen LogP contribution in [0.5, 0.6) is 5.75 Å². The lowest BCUT2D eigenvalue weighted by Gasteiger charge is -2.06. The minimum absolute atomic E-state index is 0.0941. The summed E-state index contributed by atoms with van der Waals surface area (Å²) in [6.07, 6.45) is 0. The summed E-state index contributed by atoms with van der Waals surface area (Å²) in [6.45, 7) is 0.165. The van der Waals surface area contributed by atoms with Gasteiger partial charge in [0.25, 0.3) is 9.79 Å². The van der Waals surface area contributed by atoms with Crippen LogP contribution in [0.4, 0.5) is 0 Å². The second-order valence-corrected chi connectivity index (χ2v) is 5.18. The number of hydrogen-bond acceptors (Lipinski definition) is 5. The zero-order chi connectivity index (χ0) is 14.3. The van der Waals surface area contributed by atoms with E-state index >= 15 is 0 Å². The minimum atomic E-state index is -0.0941. The van der Waals surface area contributed by atoms with Gasteiger partial charge in [0, 0.05) is 36.7 Å². The maximum atomic E-state index is 11.9. The molecule has 8 heteroatoms. The Kier molecular flexibility index (Phi) is 3.24. The third-order valence-corrected chi connectivity index (χ3v) is 3.48. The van der Waals surface area contributed by atoms with Gasteiger partial charge in [0.2, 0.25) is 0 Å². The molecule has 0 unspecified atom stereocenters. The van der Waals surface area contributed by atoms with Crippen molar-refractivity contribution < 1.29 is 9.15 Å². The maximum absolute atomic E-state index is 11.9. The Morgan fingerprint density at radius 2 is 2.10 bits per heavy atom. The van der Waals surface area contributed by atoms with Gasteiger partial charge in [-0.2, -0.15) is 0 Å². The van der Waals surface area contributed by atoms with Crippen LogP contribution in [0.3, 0.4) is 0 Å². The molecule has 20 heavy (non-hydrogen) atoms. The predicted molar refractivity (Wildman–Crippen MR) is 79.5 cm³/mol. The summed E-state index contributed by atoms with van der Waals surface area (Å²) in [5.74, 6) is 1.00. The zero-order valence-electron chi connectivity index (χ0n) is 10.8. The molecule has 0 radical (unpaired) electrons. The second-order valence-electron chi connectivity index (χ2n) is 4.26. The van der Waals surface area contributed by atoms with E-state index in [4.69, 9.17) is 9.15 Å². The average Bonchev–Trinajstić information content (AvgIpc) is 2.95. The molecular formula is C12H11IN4O3. The molecule has 0 N–H and O–H groups in total. The number of fused-ring (bicyclic) bond motifs is 1. The Bertz CT molecular complexity index is 833. The van der Waals surface area contributed by atoms with Gasteiger partial charge >= 0.3 is 5.69 Å². The van der Waals surface area contributed by atoms with Crippen LogP contribution < -0.4 is 10.4 Å². The van der Waals surface area contributed by atoms with E-state index in [1.165, 1.54) is 0 Å². The van der Waals surface area contributed by atoms with Gasteiger partial charge in [-0.3, -0.25) is 9.13 Å². The van der Waals surface area contributed by atoms with Crippen LogP contribution in [0.2, 0.25) is 0 Å². The Morgan fingerprint density at radius 1 is 1.30 bits per heavy atom. The van der Waals surface area contributed by atoms with Crippen LogP contribution in [0.1, 0.15) is 5.89 Å². The minimum Gasteiger partial charge on any atom is -0.482 e. The Labute approximate surface area is 127 Å². The summed E-state index contributed by atoms with van der Waals surface area (Å²) in [5.41, 5.74) is 1.47. The second kappa shape index (κ2) is 4.93. The van der Waals surface area contributed by atoms with E-state index in [1.807, 2.05) is 40.8 Å². The van der Waals surface area contributed by atoms with E-state index < -0.39 is 0 Å². The van der Waals surface area contributed by atoms with E-state index in [0.717, 1.165) is 11.0 Å². The van der Waals surface area contributed by atoms with Crippen molar-refractivity contribution in [3.63, 3.8) is 0 Å². The molecule has 1 aromatic carbocycles. The lowest BCUT2D eigenvalue weighted by atomic mass is 10.3. The number of halogens is 1. The first-order valence-corrected chi connectivity index (χ1v) is 6.91. The van der Waals surface area contributed by atoms with E-state index in [9.17, 15) is 4.79 Å². The summed E-state index contributed by atoms with van der Waals surface area (Å²) >= 11 is 1.94. The molecule has 3 aromatic rings. The number of imidazole rings is 1. The average molecular weight is 386 g/mol. The van der Waals surface area contributed by atoms with Crippen molar-refractivity contribution in [3.05, 3.63) is 38.5 Å². The number of ether oxygens (including phenoxy) is 1. The number of rotatable bonds is 3. The van der Waals surface area contributed by atoms with Crippen LogP contribution in [-0.2, 0) is 20.7 Å². The summed E-state index contributed by atoms with van der Waals surface area (Å²) in [4.78, 5) is 11.9. The highest BCUT2D eigenvalue weighted by molar-refractivity contribution is 14.1. The molecule has 7 nitrogen and oxygen atoms in total. The third kappa shape index (κ3) is 2.09. The Morgan fingerprint density at radius 3 is 2.80 bits per heavy atom. The molecule has 0 saturated carbocycles. The summed E-state index contributed by atoms with van der Waals surface area (Å²) in [5, 5.41) is 7.59. The van der Waals surface area contributed by atoms with Gasteiger partial charge in [0.15, 0.2) is 6.61 Å². The highest BCUT2D eigenvalue weighted by atomic mass is 127. The summed E-state index contributed by atoms with van der Waals surface area (Å²) in [6, 6.07) is 5.52. The first-order chi connectivity index (χ1) is 9.58. The van der Waals surface area contributed by atoms with Gasteiger partial charge in [0.1, 0.15) is 11.3 Å². The molecule has 3 rings (SSSR count). The van der Waals surface area contributed by atoms with Crippen LogP contribution in [0.25, 0.3) is 11.0 Å². The van der Waals surface area contributed by atoms with E-state index in [1.54, 1.807) is 23.2 Å². The zero-order valence-corrected chi connectivity index (χ0v) is 13.0. The van der Waals surface area contributed by atoms with Gasteiger partial charge in [0.05, 0.1) is 5.52 Å². The standard InChI is InChI=1S/C12H11IN4O3/c1-16-7-4-3-5-8(10(7)17(2)12(16)18)19-6-9-14-15-11(13)20-9/h3-5H,6H2,1-2H3. The third-order valence-electron chi connectivity index (χ3n) is 3.04. The van der Waals surface area contributed by atoms with E-state index in [2.05, 4.69) is 10.2 Å². The smallest absolute Gasteiger partial charge is 0.328 e. The van der Waals surface area contributed by atoms with Crippen molar-refractivity contribution in [1.82, 2.24) is 19.3 Å². The highest BCUT2D eigenvalue weighted by Crippen LogP contribution is 2.24. The number of para-hydroxylation sites is 1. The number of nitrogens with zero attached hydrogens (tertiary/aromatic N) is 4. The first-order valence-electron chi connectivity index (χ1n) is 5.83. The fourth-order valence-corrected chi connectivity index (χ4v) is 2.45. The van der Waals surface area contributed by atoms with Crippen molar-refractivity contribution >= 4 is 33.6 Å². The lowest BCUT2D eigenvalue weighted by Crippen LogP contribution is -2.19. The molecule has 2 aromatic heterocycles. The van der Waals surface area contributed by atoms with Gasteiger partial charge in [-0.15, -0.1) is 10.2 Å². The monoisotopic (exact) mass is 386 g/mol. The Balaban J connectivity index is 1.99. The SMILES string of the molecule is Cn1c(=O)n(C)c2c(OCc3nnc(I)o3)cccc21. The van der Waals surface area contributed by atoms with Crippen LogP contribution in [0, 0.1) is 3.90 Å². The van der Waals surface area contributed by atoms with Crippen molar-refractivity contribution in [3.8, 4) is 5.75 Å². The van der Waals surface area contributed by atoms with Crippen LogP contribution >= 0.6 is 22.6 Å². The van der Waals surface area contributed by atoms with Crippen LogP contribution in [0.15, 0.2) is 27.4 Å². The van der Waals surface area contributed by atoms with Crippen molar-refractivity contribution in [2.75, 3.05) is 0 Å². The molecule has 0 aliphatic carbocycles. The molecule has 0 atom stereocenters. The molecule has 0 amide bonds. The Hall–Kier alpha value is -1.84. The van der Waals surface area contributed by atoms with Gasteiger partial charge < -0.3 is 9.15 Å². The van der Waals surface area contributed by atoms with E-state index in [-0.39, 0.29) is 12.3 Å². The number of benzene rings is 1. The van der Waals surface area contributed by atoms with Crippen molar-refractivity contribution in [1.29, 1.82) is 0 Å². The normalized spacial score (nSPS) is 11.2. The fourth-order valence-electron chi connectivity index (χ4n) is 2.09. The topological polar surface area (TPSA) is 75.1 Å². The van der Waals surface area contributed by atoms with E-state index in [0.29, 0.717) is 15.5 Å². The van der Waals surface area contributed by atoms with Gasteiger partial charge in [-0.1, -0.05) is 6.07 Å². The molecule has 2 heterocycles. The van der Waals surface area contributed by atoms with Gasteiger partial charge in [-0.25, -0.2) is 4.79 Å². The number of hydrogen-bond donors (Lipinski definition) is 0. The quantitative estimate of drug-likeness (QED) is 0.637. The molecule has 0 aliphatic rings. The first kappa shape index (κ1) is 13.2. The fraction of sp³-hybridized carbons (Fsp3) is 0.250. The summed E-state index contributed by atoms with van der Waals surface area (Å²) < 4.78 is 14.5. The largest absolute Gasteiger partial charge is 0.482 e. The molecular weight excluding hydrogens is 375 g/mol. The van der Waals surface area contributed by atoms with Crippen molar-refractivity contribution in [2.24, 2.45) is 14.1 Å². The summed E-state index contributed by atoms with van der Waals surface area (Å²) in [7, 11) is 3.45. The molecule has 0 bridgehead atoms. The lowest BCUT2D eigenvalue weighted by molar-refractivity contribution is 0.262. The molecule has 0 fully saturated rings. The molecule has 0 saturated heterocycles. The molecule has 0 aliphatic heterocycles. The van der Waals surface area contributed by atoms with Crippen LogP contribution in [-0.4, -0.2) is 19.3 Å². The molecule has 0 spiro atoms.